The molecule has 35 heavy (non-hydrogen) atoms. The Morgan fingerprint density at radius 3 is 2.51 bits per heavy atom. The molecule has 0 unspecified atom stereocenters. The van der Waals surface area contributed by atoms with Gasteiger partial charge >= 0.3 is 18.0 Å². The van der Waals surface area contributed by atoms with E-state index in [4.69, 9.17) is 18.9 Å². The molecule has 2 aliphatic heterocycles. The van der Waals surface area contributed by atoms with Gasteiger partial charge in [0.05, 0.1) is 25.7 Å². The van der Waals surface area contributed by atoms with Gasteiger partial charge < -0.3 is 39.6 Å². The molecule has 4 fully saturated rings. The highest BCUT2D eigenvalue weighted by molar-refractivity contribution is 5.95. The van der Waals surface area contributed by atoms with E-state index in [2.05, 4.69) is 5.32 Å². The number of allylic oxidation sites excluding steroid dienone is 2. The van der Waals surface area contributed by atoms with Crippen LogP contribution in [0.1, 0.15) is 26.7 Å². The average molecular weight is 495 g/mol. The van der Waals surface area contributed by atoms with Crippen LogP contribution in [0.5, 0.6) is 0 Å². The molecule has 0 radical (unpaired) electrons. The lowest BCUT2D eigenvalue weighted by atomic mass is 9.38. The number of amides is 1. The summed E-state index contributed by atoms with van der Waals surface area (Å²) in [5.41, 5.74) is -4.10. The van der Waals surface area contributed by atoms with Crippen molar-refractivity contribution in [2.45, 2.75) is 56.7 Å². The van der Waals surface area contributed by atoms with Gasteiger partial charge in [-0.25, -0.2) is 14.4 Å². The van der Waals surface area contributed by atoms with Gasteiger partial charge in [0.15, 0.2) is 11.5 Å². The molecule has 1 spiro atoms. The molecule has 12 heteroatoms. The summed E-state index contributed by atoms with van der Waals surface area (Å²) in [5, 5.41) is 35.6. The first-order chi connectivity index (χ1) is 16.4. The highest BCUT2D eigenvalue weighted by atomic mass is 16.6. The molecule has 0 aromatic rings. The summed E-state index contributed by atoms with van der Waals surface area (Å²) in [5.74, 6) is -5.48. The van der Waals surface area contributed by atoms with Crippen LogP contribution in [0.15, 0.2) is 11.3 Å². The van der Waals surface area contributed by atoms with Crippen molar-refractivity contribution in [3.05, 3.63) is 11.3 Å². The number of alkyl carbamates (subject to hydrolysis) is 1. The molecular formula is C23H29NO11. The van der Waals surface area contributed by atoms with E-state index in [-0.39, 0.29) is 25.2 Å². The number of ketones is 1. The topological polar surface area (TPSA) is 178 Å². The number of methoxy groups -OCH3 is 1. The average Bonchev–Trinajstić information content (AvgIpc) is 3.13. The van der Waals surface area contributed by atoms with Crippen molar-refractivity contribution in [3.63, 3.8) is 0 Å². The van der Waals surface area contributed by atoms with E-state index in [1.807, 2.05) is 0 Å². The Bertz CT molecular complexity index is 1060. The molecule has 2 heterocycles. The maximum Gasteiger partial charge on any atom is 0.407 e. The van der Waals surface area contributed by atoms with Crippen molar-refractivity contribution in [1.82, 2.24) is 5.32 Å². The second-order valence-electron chi connectivity index (χ2n) is 10.5. The zero-order valence-electron chi connectivity index (χ0n) is 19.8. The number of ether oxygens (including phenoxy) is 4. The van der Waals surface area contributed by atoms with Gasteiger partial charge in [-0.1, -0.05) is 6.92 Å². The molecule has 2 saturated heterocycles. The zero-order chi connectivity index (χ0) is 25.7. The van der Waals surface area contributed by atoms with Gasteiger partial charge in [-0.3, -0.25) is 4.79 Å². The van der Waals surface area contributed by atoms with Crippen LogP contribution in [0.3, 0.4) is 0 Å². The minimum Gasteiger partial charge on any atom is -0.504 e. The molecule has 1 amide bonds. The van der Waals surface area contributed by atoms with Gasteiger partial charge in [-0.2, -0.15) is 0 Å². The van der Waals surface area contributed by atoms with Crippen LogP contribution in [0.25, 0.3) is 0 Å². The molecule has 12 nitrogen and oxygen atoms in total. The third kappa shape index (κ3) is 2.62. The number of aliphatic hydroxyl groups is 3. The fraction of sp³-hybridized carbons (Fsp3) is 0.739. The van der Waals surface area contributed by atoms with Crippen LogP contribution in [-0.2, 0) is 33.3 Å². The minimum atomic E-state index is -2.21. The molecule has 0 aromatic carbocycles. The van der Waals surface area contributed by atoms with Crippen LogP contribution < -0.4 is 5.32 Å². The maximum atomic E-state index is 13.2. The van der Waals surface area contributed by atoms with Gasteiger partial charge in [0.2, 0.25) is 11.7 Å². The lowest BCUT2D eigenvalue weighted by molar-refractivity contribution is -0.288. The van der Waals surface area contributed by atoms with Crippen molar-refractivity contribution < 1.29 is 53.4 Å². The highest BCUT2D eigenvalue weighted by Crippen LogP contribution is 2.72. The molecule has 5 rings (SSSR count). The van der Waals surface area contributed by atoms with Crippen LogP contribution in [0.4, 0.5) is 4.79 Å². The summed E-state index contributed by atoms with van der Waals surface area (Å²) in [6.07, 6.45) is -6.95. The second-order valence-corrected chi connectivity index (χ2v) is 10.5. The van der Waals surface area contributed by atoms with E-state index < -0.39 is 82.4 Å². The Morgan fingerprint density at radius 2 is 1.89 bits per heavy atom. The Balaban J connectivity index is 1.76. The number of hydrogen-bond acceptors (Lipinski definition) is 11. The Kier molecular flexibility index (Phi) is 5.08. The number of carbonyl (C=O) groups excluding carboxylic acids is 4. The third-order valence-electron chi connectivity index (χ3n) is 9.28. The molecular weight excluding hydrogens is 466 g/mol. The molecule has 2 saturated carbocycles. The number of hydrogen-bond donors (Lipinski definition) is 4. The number of rotatable bonds is 2. The van der Waals surface area contributed by atoms with Crippen molar-refractivity contribution in [3.8, 4) is 0 Å². The molecule has 2 bridgehead atoms. The summed E-state index contributed by atoms with van der Waals surface area (Å²) < 4.78 is 22.1. The fourth-order valence-electron chi connectivity index (χ4n) is 8.03. The van der Waals surface area contributed by atoms with Gasteiger partial charge in [0.1, 0.15) is 12.2 Å². The second kappa shape index (κ2) is 7.40. The van der Waals surface area contributed by atoms with Crippen LogP contribution in [0.2, 0.25) is 0 Å². The van der Waals surface area contributed by atoms with E-state index in [1.54, 1.807) is 13.8 Å². The predicted octanol–water partition coefficient (Wildman–Crippen LogP) is -0.636. The number of aliphatic hydroxyl groups excluding tert-OH is 3. The third-order valence-corrected chi connectivity index (χ3v) is 9.28. The normalized spacial score (nSPS) is 47.9. The first-order valence-electron chi connectivity index (χ1n) is 11.5. The van der Waals surface area contributed by atoms with Gasteiger partial charge in [0, 0.05) is 24.8 Å². The van der Waals surface area contributed by atoms with Crippen molar-refractivity contribution in [2.24, 2.45) is 28.6 Å². The number of carbonyl (C=O) groups is 4. The first-order valence-corrected chi connectivity index (χ1v) is 11.5. The van der Waals surface area contributed by atoms with Gasteiger partial charge in [-0.15, -0.1) is 0 Å². The van der Waals surface area contributed by atoms with Gasteiger partial charge in [-0.05, 0) is 30.3 Å². The van der Waals surface area contributed by atoms with E-state index in [0.717, 1.165) is 7.11 Å². The largest absolute Gasteiger partial charge is 0.504 e. The minimum absolute atomic E-state index is 0.142. The quantitative estimate of drug-likeness (QED) is 0.283. The fourth-order valence-corrected chi connectivity index (χ4v) is 8.03. The number of nitrogens with one attached hydrogen (secondary N) is 1. The summed E-state index contributed by atoms with van der Waals surface area (Å²) in [6, 6.07) is 0. The van der Waals surface area contributed by atoms with Crippen molar-refractivity contribution in [2.75, 3.05) is 20.8 Å². The first kappa shape index (κ1) is 24.0. The van der Waals surface area contributed by atoms with Crippen LogP contribution in [0, 0.1) is 28.6 Å². The van der Waals surface area contributed by atoms with Gasteiger partial charge in [0.25, 0.3) is 0 Å². The molecule has 4 N–H and O–H groups in total. The lowest BCUT2D eigenvalue weighted by Crippen LogP contribution is -2.79. The monoisotopic (exact) mass is 495 g/mol. The van der Waals surface area contributed by atoms with Crippen molar-refractivity contribution >= 4 is 23.8 Å². The maximum absolute atomic E-state index is 13.2. The SMILES string of the molecule is CNC(=O)O[C@H]1C(=O)O[C@@H]2C[C@H]3C(C)=C(O)C(=O)C[C@]3(C)[C@H]3[C@@H](O)[C@H](O)[C@@]4(C(=O)OC)OC[C@]32[C@@H]14. The summed E-state index contributed by atoms with van der Waals surface area (Å²) in [4.78, 5) is 51.3. The van der Waals surface area contributed by atoms with Crippen LogP contribution >= 0.6 is 0 Å². The summed E-state index contributed by atoms with van der Waals surface area (Å²) in [7, 11) is 2.38. The standard InChI is InChI=1S/C23H29NO11/c1-8-9-5-11-22-7-33-23(19(30)32-4,16(22)14(18(29)34-11)35-20(31)24-3)17(28)13(27)15(22)21(9,2)6-10(25)12(8)26/h9,11,13-17,26-28H,5-7H2,1-4H3,(H,24,31)/t9-,11+,13+,14+,15+,16+,17-,21-,22+,23-/m0/s1. The Hall–Kier alpha value is -2.70. The summed E-state index contributed by atoms with van der Waals surface area (Å²) in [6.45, 7) is 3.17. The molecule has 192 valence electrons. The zero-order valence-corrected chi connectivity index (χ0v) is 19.8. The summed E-state index contributed by atoms with van der Waals surface area (Å²) >= 11 is 0. The molecule has 0 aromatic heterocycles. The molecule has 10 atom stereocenters. The number of fused-ring (bicyclic) bond motifs is 2. The highest BCUT2D eigenvalue weighted by Gasteiger charge is 2.85. The lowest BCUT2D eigenvalue weighted by Gasteiger charge is -2.67. The van der Waals surface area contributed by atoms with E-state index >= 15 is 0 Å². The van der Waals surface area contributed by atoms with Crippen LogP contribution in [-0.4, -0.2) is 89.9 Å². The Morgan fingerprint density at radius 1 is 1.20 bits per heavy atom. The Labute approximate surface area is 200 Å². The van der Waals surface area contributed by atoms with E-state index in [9.17, 15) is 34.5 Å². The number of Topliss-reactive ketones (excluding diaryl/α,β-unsaturated/α-hetero) is 1. The van der Waals surface area contributed by atoms with E-state index in [1.165, 1.54) is 7.05 Å². The smallest absolute Gasteiger partial charge is 0.407 e. The van der Waals surface area contributed by atoms with Crippen molar-refractivity contribution in [1.29, 1.82) is 0 Å². The molecule has 5 aliphatic rings. The predicted molar refractivity (Wildman–Crippen MR) is 113 cm³/mol. The molecule has 3 aliphatic carbocycles. The number of esters is 2. The van der Waals surface area contributed by atoms with E-state index in [0.29, 0.717) is 5.57 Å².